The van der Waals surface area contributed by atoms with E-state index < -0.39 is 0 Å². The Morgan fingerprint density at radius 2 is 1.67 bits per heavy atom. The van der Waals surface area contributed by atoms with E-state index >= 15 is 0 Å². The molecular formula is C25H33N3O2. The molecule has 5 heteroatoms. The molecule has 0 radical (unpaired) electrons. The van der Waals surface area contributed by atoms with Gasteiger partial charge in [-0.2, -0.15) is 0 Å². The second-order valence-electron chi connectivity index (χ2n) is 8.34. The molecule has 2 aromatic carbocycles. The summed E-state index contributed by atoms with van der Waals surface area (Å²) >= 11 is 0. The molecule has 1 atom stereocenters. The van der Waals surface area contributed by atoms with Gasteiger partial charge in [-0.15, -0.1) is 0 Å². The Balaban J connectivity index is 1.32. The number of nitrogens with one attached hydrogen (secondary N) is 2. The van der Waals surface area contributed by atoms with Crippen LogP contribution in [0.4, 0.5) is 0 Å². The molecule has 0 bridgehead atoms. The van der Waals surface area contributed by atoms with Gasteiger partial charge in [0.15, 0.2) is 0 Å². The third-order valence-electron chi connectivity index (χ3n) is 5.54. The van der Waals surface area contributed by atoms with Crippen LogP contribution >= 0.6 is 0 Å². The van der Waals surface area contributed by atoms with E-state index in [1.165, 1.54) is 31.5 Å². The minimum Gasteiger partial charge on any atom is -0.355 e. The van der Waals surface area contributed by atoms with Gasteiger partial charge >= 0.3 is 0 Å². The molecule has 5 nitrogen and oxygen atoms in total. The number of piperidine rings is 1. The highest BCUT2D eigenvalue weighted by atomic mass is 16.2. The van der Waals surface area contributed by atoms with E-state index in [2.05, 4.69) is 46.7 Å². The average molecular weight is 408 g/mol. The summed E-state index contributed by atoms with van der Waals surface area (Å²) in [7, 11) is 0. The van der Waals surface area contributed by atoms with Gasteiger partial charge < -0.3 is 10.6 Å². The fourth-order valence-electron chi connectivity index (χ4n) is 3.90. The molecule has 30 heavy (non-hydrogen) atoms. The van der Waals surface area contributed by atoms with Gasteiger partial charge in [0.2, 0.25) is 11.8 Å². The van der Waals surface area contributed by atoms with Gasteiger partial charge in [-0.05, 0) is 42.0 Å². The average Bonchev–Trinajstić information content (AvgIpc) is 2.74. The van der Waals surface area contributed by atoms with Crippen molar-refractivity contribution in [1.29, 1.82) is 0 Å². The Bertz CT molecular complexity index is 805. The van der Waals surface area contributed by atoms with Gasteiger partial charge in [0, 0.05) is 32.6 Å². The lowest BCUT2D eigenvalue weighted by molar-refractivity contribution is -0.122. The Morgan fingerprint density at radius 1 is 0.933 bits per heavy atom. The predicted octanol–water partition coefficient (Wildman–Crippen LogP) is 3.28. The van der Waals surface area contributed by atoms with Crippen molar-refractivity contribution in [3.8, 4) is 0 Å². The van der Waals surface area contributed by atoms with Gasteiger partial charge in [-0.3, -0.25) is 14.5 Å². The summed E-state index contributed by atoms with van der Waals surface area (Å²) in [6.45, 7) is 6.55. The predicted molar refractivity (Wildman–Crippen MR) is 120 cm³/mol. The van der Waals surface area contributed by atoms with Crippen molar-refractivity contribution in [2.45, 2.75) is 45.7 Å². The van der Waals surface area contributed by atoms with E-state index in [1.807, 2.05) is 30.3 Å². The number of benzene rings is 2. The fourth-order valence-corrected chi connectivity index (χ4v) is 3.90. The zero-order valence-electron chi connectivity index (χ0n) is 17.9. The number of amides is 2. The summed E-state index contributed by atoms with van der Waals surface area (Å²) in [4.78, 5) is 26.5. The summed E-state index contributed by atoms with van der Waals surface area (Å²) < 4.78 is 0. The van der Waals surface area contributed by atoms with Crippen LogP contribution in [0.25, 0.3) is 0 Å². The minimum absolute atomic E-state index is 0.0543. The first kappa shape index (κ1) is 22.0. The number of nitrogens with zero attached hydrogens (tertiary/aromatic N) is 1. The summed E-state index contributed by atoms with van der Waals surface area (Å²) in [5.74, 6) is 0.672. The van der Waals surface area contributed by atoms with Gasteiger partial charge in [0.05, 0.1) is 6.42 Å². The van der Waals surface area contributed by atoms with E-state index in [9.17, 15) is 9.59 Å². The second-order valence-corrected chi connectivity index (χ2v) is 8.34. The van der Waals surface area contributed by atoms with Gasteiger partial charge in [0.25, 0.3) is 0 Å². The molecule has 0 aliphatic carbocycles. The third-order valence-corrected chi connectivity index (χ3v) is 5.54. The van der Waals surface area contributed by atoms with E-state index in [0.717, 1.165) is 23.6 Å². The maximum absolute atomic E-state index is 12.0. The van der Waals surface area contributed by atoms with Crippen molar-refractivity contribution < 1.29 is 9.59 Å². The quantitative estimate of drug-likeness (QED) is 0.671. The van der Waals surface area contributed by atoms with Crippen molar-refractivity contribution in [2.24, 2.45) is 5.92 Å². The van der Waals surface area contributed by atoms with E-state index in [-0.39, 0.29) is 18.2 Å². The van der Waals surface area contributed by atoms with Crippen LogP contribution < -0.4 is 10.6 Å². The lowest BCUT2D eigenvalue weighted by atomic mass is 9.99. The maximum Gasteiger partial charge on any atom is 0.224 e. The fraction of sp³-hybridized carbons (Fsp3) is 0.440. The topological polar surface area (TPSA) is 61.4 Å². The molecule has 0 aromatic heterocycles. The van der Waals surface area contributed by atoms with Crippen LogP contribution in [0.1, 0.15) is 42.9 Å². The van der Waals surface area contributed by atoms with Crippen LogP contribution in [-0.2, 0) is 29.1 Å². The first-order chi connectivity index (χ1) is 14.6. The first-order valence-corrected chi connectivity index (χ1v) is 11.0. The van der Waals surface area contributed by atoms with E-state index in [1.54, 1.807) is 0 Å². The van der Waals surface area contributed by atoms with Crippen LogP contribution in [0.15, 0.2) is 54.6 Å². The highest BCUT2D eigenvalue weighted by molar-refractivity contribution is 5.80. The van der Waals surface area contributed by atoms with Crippen molar-refractivity contribution >= 4 is 11.8 Å². The van der Waals surface area contributed by atoms with Crippen molar-refractivity contribution in [2.75, 3.05) is 19.6 Å². The number of carbonyl (C=O) groups is 2. The summed E-state index contributed by atoms with van der Waals surface area (Å²) in [5.41, 5.74) is 3.38. The molecule has 2 amide bonds. The molecule has 3 rings (SSSR count). The van der Waals surface area contributed by atoms with Gasteiger partial charge in [-0.25, -0.2) is 0 Å². The summed E-state index contributed by atoms with van der Waals surface area (Å²) in [5, 5.41) is 5.73. The van der Waals surface area contributed by atoms with Gasteiger partial charge in [0.1, 0.15) is 0 Å². The molecule has 0 spiro atoms. The van der Waals surface area contributed by atoms with Crippen molar-refractivity contribution in [1.82, 2.24) is 15.5 Å². The Morgan fingerprint density at radius 3 is 2.40 bits per heavy atom. The van der Waals surface area contributed by atoms with Crippen LogP contribution in [0.5, 0.6) is 0 Å². The molecule has 1 heterocycles. The Kier molecular flexibility index (Phi) is 8.45. The van der Waals surface area contributed by atoms with Crippen LogP contribution in [0.2, 0.25) is 0 Å². The third kappa shape index (κ3) is 7.64. The van der Waals surface area contributed by atoms with Crippen molar-refractivity contribution in [3.63, 3.8) is 0 Å². The molecule has 1 saturated heterocycles. The highest BCUT2D eigenvalue weighted by Crippen LogP contribution is 2.18. The standard InChI is InChI=1S/C25H33N3O2/c1-20-6-5-15-28(18-20)19-23-11-9-22(10-12-23)17-27-24(29)13-14-26-25(30)16-21-7-3-2-4-8-21/h2-4,7-12,20H,5-6,13-19H2,1H3,(H,26,30)(H,27,29). The van der Waals surface area contributed by atoms with Crippen LogP contribution in [0.3, 0.4) is 0 Å². The molecule has 1 unspecified atom stereocenters. The number of hydrogen-bond donors (Lipinski definition) is 2. The highest BCUT2D eigenvalue weighted by Gasteiger charge is 2.16. The number of carbonyl (C=O) groups excluding carboxylic acids is 2. The van der Waals surface area contributed by atoms with E-state index in [4.69, 9.17) is 0 Å². The molecule has 1 fully saturated rings. The largest absolute Gasteiger partial charge is 0.355 e. The normalized spacial score (nSPS) is 16.8. The van der Waals surface area contributed by atoms with Crippen LogP contribution in [0, 0.1) is 5.92 Å². The lowest BCUT2D eigenvalue weighted by Gasteiger charge is -2.30. The zero-order valence-corrected chi connectivity index (χ0v) is 17.9. The molecule has 1 aliphatic rings. The van der Waals surface area contributed by atoms with Crippen molar-refractivity contribution in [3.05, 3.63) is 71.3 Å². The maximum atomic E-state index is 12.0. The smallest absolute Gasteiger partial charge is 0.224 e. The van der Waals surface area contributed by atoms with Gasteiger partial charge in [-0.1, -0.05) is 61.5 Å². The number of hydrogen-bond acceptors (Lipinski definition) is 3. The SMILES string of the molecule is CC1CCCN(Cc2ccc(CNC(=O)CCNC(=O)Cc3ccccc3)cc2)C1. The molecule has 2 N–H and O–H groups in total. The summed E-state index contributed by atoms with van der Waals surface area (Å²) in [6.07, 6.45) is 3.25. The lowest BCUT2D eigenvalue weighted by Crippen LogP contribution is -2.33. The number of likely N-dealkylation sites (tertiary alicyclic amines) is 1. The van der Waals surface area contributed by atoms with E-state index in [0.29, 0.717) is 19.5 Å². The Hall–Kier alpha value is -2.66. The minimum atomic E-state index is -0.0623. The van der Waals surface area contributed by atoms with Crippen LogP contribution in [-0.4, -0.2) is 36.3 Å². The number of rotatable bonds is 9. The molecular weight excluding hydrogens is 374 g/mol. The Labute approximate surface area is 179 Å². The zero-order chi connectivity index (χ0) is 21.2. The monoisotopic (exact) mass is 407 g/mol. The molecule has 0 saturated carbocycles. The summed E-state index contributed by atoms with van der Waals surface area (Å²) in [6, 6.07) is 18.1. The molecule has 2 aromatic rings. The second kappa shape index (κ2) is 11.5. The molecule has 160 valence electrons. The molecule has 1 aliphatic heterocycles. The first-order valence-electron chi connectivity index (χ1n) is 11.0.